The molecule has 0 bridgehead atoms. The second-order valence-electron chi connectivity index (χ2n) is 3.21. The summed E-state index contributed by atoms with van der Waals surface area (Å²) in [4.78, 5) is 4.59. The van der Waals surface area contributed by atoms with Crippen molar-refractivity contribution in [2.75, 3.05) is 6.61 Å². The van der Waals surface area contributed by atoms with Crippen LogP contribution in [0.4, 0.5) is 0 Å². The molecule has 2 N–H and O–H groups in total. The Labute approximate surface area is 66.1 Å². The van der Waals surface area contributed by atoms with Crippen LogP contribution in [-0.4, -0.2) is 6.61 Å². The van der Waals surface area contributed by atoms with Gasteiger partial charge in [-0.15, -0.1) is 0 Å². The zero-order valence-corrected chi connectivity index (χ0v) is 6.83. The summed E-state index contributed by atoms with van der Waals surface area (Å²) in [6.45, 7) is 4.59. The molecule has 0 aromatic carbocycles. The Bertz CT molecular complexity index is 204. The molecule has 1 heterocycles. The van der Waals surface area contributed by atoms with E-state index in [1.54, 1.807) is 12.5 Å². The van der Waals surface area contributed by atoms with Crippen LogP contribution >= 0.6 is 0 Å². The van der Waals surface area contributed by atoms with Crippen molar-refractivity contribution in [2.45, 2.75) is 19.3 Å². The van der Waals surface area contributed by atoms with E-state index in [9.17, 15) is 0 Å². The third kappa shape index (κ3) is 1.82. The Morgan fingerprint density at radius 1 is 1.64 bits per heavy atom. The summed E-state index contributed by atoms with van der Waals surface area (Å²) in [5.74, 6) is 4.99. The standard InChI is InChI=1S/C8H13NO2/c1-8(2,6-11-9)7-3-4-10-5-7/h3-5H,6,9H2,1-2H3. The lowest BCUT2D eigenvalue weighted by molar-refractivity contribution is 0.0962. The predicted octanol–water partition coefficient (Wildman–Crippen LogP) is 1.45. The summed E-state index contributed by atoms with van der Waals surface area (Å²) < 4.78 is 4.95. The highest BCUT2D eigenvalue weighted by Crippen LogP contribution is 2.22. The number of hydrogen-bond acceptors (Lipinski definition) is 3. The zero-order valence-electron chi connectivity index (χ0n) is 6.83. The fourth-order valence-electron chi connectivity index (χ4n) is 0.941. The first-order valence-electron chi connectivity index (χ1n) is 3.51. The van der Waals surface area contributed by atoms with Crippen LogP contribution in [0.5, 0.6) is 0 Å². The van der Waals surface area contributed by atoms with Gasteiger partial charge >= 0.3 is 0 Å². The maximum Gasteiger partial charge on any atom is 0.0940 e. The summed E-state index contributed by atoms with van der Waals surface area (Å²) in [6, 6.07) is 1.92. The second-order valence-corrected chi connectivity index (χ2v) is 3.21. The van der Waals surface area contributed by atoms with Crippen molar-refractivity contribution in [3.8, 4) is 0 Å². The van der Waals surface area contributed by atoms with Crippen molar-refractivity contribution in [3.05, 3.63) is 24.2 Å². The summed E-state index contributed by atoms with van der Waals surface area (Å²) in [5.41, 5.74) is 1.03. The Morgan fingerprint density at radius 3 is 2.82 bits per heavy atom. The van der Waals surface area contributed by atoms with Gasteiger partial charge in [-0.05, 0) is 11.6 Å². The van der Waals surface area contributed by atoms with Gasteiger partial charge in [0.2, 0.25) is 0 Å². The lowest BCUT2D eigenvalue weighted by Gasteiger charge is -2.20. The first-order chi connectivity index (χ1) is 5.17. The Morgan fingerprint density at radius 2 is 2.36 bits per heavy atom. The van der Waals surface area contributed by atoms with Gasteiger partial charge in [0, 0.05) is 5.41 Å². The van der Waals surface area contributed by atoms with Crippen molar-refractivity contribution in [3.63, 3.8) is 0 Å². The van der Waals surface area contributed by atoms with E-state index in [1.807, 2.05) is 19.9 Å². The van der Waals surface area contributed by atoms with E-state index >= 15 is 0 Å². The van der Waals surface area contributed by atoms with Crippen molar-refractivity contribution < 1.29 is 9.25 Å². The van der Waals surface area contributed by atoms with Crippen molar-refractivity contribution in [1.82, 2.24) is 0 Å². The zero-order chi connectivity index (χ0) is 8.32. The molecule has 0 aliphatic rings. The van der Waals surface area contributed by atoms with E-state index in [1.165, 1.54) is 0 Å². The van der Waals surface area contributed by atoms with Crippen LogP contribution < -0.4 is 5.90 Å². The quantitative estimate of drug-likeness (QED) is 0.672. The molecule has 1 rings (SSSR count). The summed E-state index contributed by atoms with van der Waals surface area (Å²) in [6.07, 6.45) is 3.35. The highest BCUT2D eigenvalue weighted by atomic mass is 16.6. The minimum Gasteiger partial charge on any atom is -0.472 e. The van der Waals surface area contributed by atoms with E-state index in [0.717, 1.165) is 5.56 Å². The van der Waals surface area contributed by atoms with Crippen molar-refractivity contribution in [2.24, 2.45) is 5.90 Å². The Hall–Kier alpha value is -0.800. The lowest BCUT2D eigenvalue weighted by atomic mass is 9.88. The molecule has 62 valence electrons. The van der Waals surface area contributed by atoms with Gasteiger partial charge in [-0.1, -0.05) is 13.8 Å². The van der Waals surface area contributed by atoms with Gasteiger partial charge in [-0.2, -0.15) is 0 Å². The summed E-state index contributed by atoms with van der Waals surface area (Å²) in [7, 11) is 0. The molecule has 0 saturated carbocycles. The smallest absolute Gasteiger partial charge is 0.0940 e. The van der Waals surface area contributed by atoms with Gasteiger partial charge in [0.05, 0.1) is 19.1 Å². The highest BCUT2D eigenvalue weighted by Gasteiger charge is 2.21. The van der Waals surface area contributed by atoms with Crippen LogP contribution in [0.3, 0.4) is 0 Å². The highest BCUT2D eigenvalue weighted by molar-refractivity contribution is 5.17. The van der Waals surface area contributed by atoms with Gasteiger partial charge in [0.25, 0.3) is 0 Å². The van der Waals surface area contributed by atoms with Crippen molar-refractivity contribution >= 4 is 0 Å². The lowest BCUT2D eigenvalue weighted by Crippen LogP contribution is -2.25. The molecule has 3 heteroatoms. The first-order valence-corrected chi connectivity index (χ1v) is 3.51. The van der Waals surface area contributed by atoms with E-state index in [2.05, 4.69) is 4.84 Å². The van der Waals surface area contributed by atoms with Crippen LogP contribution in [0, 0.1) is 0 Å². The van der Waals surface area contributed by atoms with Gasteiger partial charge < -0.3 is 9.25 Å². The van der Waals surface area contributed by atoms with Crippen molar-refractivity contribution in [1.29, 1.82) is 0 Å². The van der Waals surface area contributed by atoms with Crippen LogP contribution in [0.1, 0.15) is 19.4 Å². The molecule has 0 unspecified atom stereocenters. The fourth-order valence-corrected chi connectivity index (χ4v) is 0.941. The molecule has 1 aromatic heterocycles. The minimum atomic E-state index is -0.0677. The largest absolute Gasteiger partial charge is 0.472 e. The maximum absolute atomic E-state index is 4.99. The third-order valence-corrected chi connectivity index (χ3v) is 1.75. The normalized spacial score (nSPS) is 11.9. The van der Waals surface area contributed by atoms with Gasteiger partial charge in [0.1, 0.15) is 0 Å². The number of furan rings is 1. The van der Waals surface area contributed by atoms with Crippen LogP contribution in [0.25, 0.3) is 0 Å². The number of nitrogens with two attached hydrogens (primary N) is 1. The van der Waals surface area contributed by atoms with Gasteiger partial charge in [-0.3, -0.25) is 0 Å². The minimum absolute atomic E-state index is 0.0677. The number of rotatable bonds is 3. The Kier molecular flexibility index (Phi) is 2.31. The molecular formula is C8H13NO2. The van der Waals surface area contributed by atoms with Gasteiger partial charge in [0.15, 0.2) is 0 Å². The van der Waals surface area contributed by atoms with E-state index in [4.69, 9.17) is 10.3 Å². The average Bonchev–Trinajstić information content (AvgIpc) is 2.37. The molecule has 0 saturated heterocycles. The summed E-state index contributed by atoms with van der Waals surface area (Å²) in [5, 5.41) is 0. The molecule has 0 amide bonds. The predicted molar refractivity (Wildman–Crippen MR) is 41.9 cm³/mol. The molecule has 1 aromatic rings. The maximum atomic E-state index is 4.99. The average molecular weight is 155 g/mol. The van der Waals surface area contributed by atoms with E-state index in [-0.39, 0.29) is 5.41 Å². The Balaban J connectivity index is 2.73. The van der Waals surface area contributed by atoms with E-state index < -0.39 is 0 Å². The van der Waals surface area contributed by atoms with Crippen LogP contribution in [-0.2, 0) is 10.3 Å². The number of hydrogen-bond donors (Lipinski definition) is 1. The van der Waals surface area contributed by atoms with Crippen LogP contribution in [0.15, 0.2) is 23.0 Å². The molecular weight excluding hydrogens is 142 g/mol. The fraction of sp³-hybridized carbons (Fsp3) is 0.500. The topological polar surface area (TPSA) is 48.4 Å². The van der Waals surface area contributed by atoms with Gasteiger partial charge in [-0.25, -0.2) is 5.90 Å². The third-order valence-electron chi connectivity index (χ3n) is 1.75. The van der Waals surface area contributed by atoms with Crippen LogP contribution in [0.2, 0.25) is 0 Å². The SMILES string of the molecule is CC(C)(CON)c1ccoc1. The first kappa shape index (κ1) is 8.30. The van der Waals surface area contributed by atoms with E-state index in [0.29, 0.717) is 6.61 Å². The monoisotopic (exact) mass is 155 g/mol. The second kappa shape index (κ2) is 3.07. The molecule has 0 atom stereocenters. The molecule has 0 aliphatic heterocycles. The summed E-state index contributed by atoms with van der Waals surface area (Å²) >= 11 is 0. The molecule has 0 aliphatic carbocycles. The molecule has 3 nitrogen and oxygen atoms in total. The molecule has 0 spiro atoms. The molecule has 11 heavy (non-hydrogen) atoms. The molecule has 0 radical (unpaired) electrons. The molecule has 0 fully saturated rings.